The molecule has 0 bridgehead atoms. The highest BCUT2D eigenvalue weighted by molar-refractivity contribution is 5.87. The minimum absolute atomic E-state index is 0.0112. The Balaban J connectivity index is 3.51. The molecule has 0 spiro atoms. The summed E-state index contributed by atoms with van der Waals surface area (Å²) in [4.78, 5) is 14.8. The maximum absolute atomic E-state index is 10.7. The molecule has 11 heavy (non-hydrogen) atoms. The number of carbonyl (C=O) groups excluding carboxylic acids is 1. The summed E-state index contributed by atoms with van der Waals surface area (Å²) in [6.07, 6.45) is 2.99. The molecule has 0 saturated heterocycles. The van der Waals surface area contributed by atoms with E-state index in [1.807, 2.05) is 13.8 Å². The van der Waals surface area contributed by atoms with E-state index in [-0.39, 0.29) is 5.91 Å². The van der Waals surface area contributed by atoms with Crippen molar-refractivity contribution in [1.82, 2.24) is 5.32 Å². The SMILES string of the molecule is CCC(=O)N/C=N\C(C)CC. The number of nitrogens with one attached hydrogen (secondary N) is 1. The molecule has 0 aromatic carbocycles. The lowest BCUT2D eigenvalue weighted by atomic mass is 10.3. The van der Waals surface area contributed by atoms with E-state index in [0.29, 0.717) is 12.5 Å². The zero-order chi connectivity index (χ0) is 8.69. The molecule has 1 amide bonds. The Morgan fingerprint density at radius 1 is 1.64 bits per heavy atom. The van der Waals surface area contributed by atoms with Gasteiger partial charge in [0, 0.05) is 12.5 Å². The fourth-order valence-corrected chi connectivity index (χ4v) is 0.444. The molecule has 0 aromatic rings. The molecule has 0 radical (unpaired) electrons. The standard InChI is InChI=1S/C8H16N2O/c1-4-7(3)9-6-10-8(11)5-2/h6-7H,4-5H2,1-3H3,(H,9,10,11). The van der Waals surface area contributed by atoms with Crippen LogP contribution in [0.3, 0.4) is 0 Å². The van der Waals surface area contributed by atoms with E-state index in [2.05, 4.69) is 17.2 Å². The van der Waals surface area contributed by atoms with Crippen LogP contribution in [0.1, 0.15) is 33.6 Å². The predicted molar refractivity (Wildman–Crippen MR) is 46.7 cm³/mol. The Bertz CT molecular complexity index is 143. The van der Waals surface area contributed by atoms with Crippen molar-refractivity contribution in [2.24, 2.45) is 4.99 Å². The number of carbonyl (C=O) groups is 1. The molecular formula is C8H16N2O. The van der Waals surface area contributed by atoms with Gasteiger partial charge >= 0.3 is 0 Å². The lowest BCUT2D eigenvalue weighted by Crippen LogP contribution is -2.20. The Hall–Kier alpha value is -0.860. The molecule has 0 heterocycles. The zero-order valence-corrected chi connectivity index (χ0v) is 7.42. The number of nitrogens with zero attached hydrogens (tertiary/aromatic N) is 1. The molecule has 0 aromatic heterocycles. The molecule has 3 heteroatoms. The minimum atomic E-state index is 0.0112. The molecule has 0 aliphatic rings. The number of amides is 1. The monoisotopic (exact) mass is 156 g/mol. The fraction of sp³-hybridized carbons (Fsp3) is 0.750. The van der Waals surface area contributed by atoms with Crippen LogP contribution in [0.15, 0.2) is 4.99 Å². The summed E-state index contributed by atoms with van der Waals surface area (Å²) in [6.45, 7) is 5.88. The largest absolute Gasteiger partial charge is 0.317 e. The third kappa shape index (κ3) is 5.58. The van der Waals surface area contributed by atoms with Crippen molar-refractivity contribution in [3.05, 3.63) is 0 Å². The second-order valence-electron chi connectivity index (χ2n) is 2.46. The Kier molecular flexibility index (Phi) is 5.43. The summed E-state index contributed by atoms with van der Waals surface area (Å²) in [7, 11) is 0. The maximum atomic E-state index is 10.7. The van der Waals surface area contributed by atoms with Gasteiger partial charge in [-0.15, -0.1) is 0 Å². The maximum Gasteiger partial charge on any atom is 0.224 e. The zero-order valence-electron chi connectivity index (χ0n) is 7.42. The summed E-state index contributed by atoms with van der Waals surface area (Å²) in [6, 6.07) is 0.298. The smallest absolute Gasteiger partial charge is 0.224 e. The van der Waals surface area contributed by atoms with E-state index in [4.69, 9.17) is 0 Å². The summed E-state index contributed by atoms with van der Waals surface area (Å²) in [5.41, 5.74) is 0. The first-order valence-electron chi connectivity index (χ1n) is 4.01. The van der Waals surface area contributed by atoms with Crippen molar-refractivity contribution < 1.29 is 4.79 Å². The van der Waals surface area contributed by atoms with Crippen LogP contribution >= 0.6 is 0 Å². The van der Waals surface area contributed by atoms with E-state index >= 15 is 0 Å². The third-order valence-corrected chi connectivity index (χ3v) is 1.47. The molecule has 64 valence electrons. The summed E-state index contributed by atoms with van der Waals surface area (Å²) in [5.74, 6) is 0.0112. The van der Waals surface area contributed by atoms with Gasteiger partial charge in [-0.05, 0) is 13.3 Å². The molecule has 0 aliphatic heterocycles. The van der Waals surface area contributed by atoms with Gasteiger partial charge in [0.2, 0.25) is 5.91 Å². The third-order valence-electron chi connectivity index (χ3n) is 1.47. The average molecular weight is 156 g/mol. The molecule has 0 saturated carbocycles. The fourth-order valence-electron chi connectivity index (χ4n) is 0.444. The van der Waals surface area contributed by atoms with Crippen molar-refractivity contribution in [3.63, 3.8) is 0 Å². The van der Waals surface area contributed by atoms with Crippen LogP contribution in [0.4, 0.5) is 0 Å². The van der Waals surface area contributed by atoms with Crippen LogP contribution in [0.2, 0.25) is 0 Å². The predicted octanol–water partition coefficient (Wildman–Crippen LogP) is 1.34. The first-order chi connectivity index (χ1) is 5.20. The van der Waals surface area contributed by atoms with Crippen molar-refractivity contribution >= 4 is 12.2 Å². The normalized spacial score (nSPS) is 13.4. The number of hydrogen-bond donors (Lipinski definition) is 1. The van der Waals surface area contributed by atoms with Crippen LogP contribution in [0, 0.1) is 0 Å². The summed E-state index contributed by atoms with van der Waals surface area (Å²) < 4.78 is 0. The molecular weight excluding hydrogens is 140 g/mol. The van der Waals surface area contributed by atoms with Gasteiger partial charge < -0.3 is 5.32 Å². The lowest BCUT2D eigenvalue weighted by Gasteiger charge is -1.99. The Morgan fingerprint density at radius 2 is 2.27 bits per heavy atom. The number of hydrogen-bond acceptors (Lipinski definition) is 2. The van der Waals surface area contributed by atoms with Crippen molar-refractivity contribution in [1.29, 1.82) is 0 Å². The van der Waals surface area contributed by atoms with Crippen LogP contribution in [-0.4, -0.2) is 18.3 Å². The van der Waals surface area contributed by atoms with Gasteiger partial charge in [-0.25, -0.2) is 0 Å². The van der Waals surface area contributed by atoms with E-state index in [9.17, 15) is 4.79 Å². The van der Waals surface area contributed by atoms with Gasteiger partial charge in [-0.3, -0.25) is 9.79 Å². The quantitative estimate of drug-likeness (QED) is 0.484. The van der Waals surface area contributed by atoms with Gasteiger partial charge in [0.25, 0.3) is 0 Å². The summed E-state index contributed by atoms with van der Waals surface area (Å²) >= 11 is 0. The first-order valence-corrected chi connectivity index (χ1v) is 4.01. The molecule has 1 N–H and O–H groups in total. The van der Waals surface area contributed by atoms with Crippen LogP contribution in [0.5, 0.6) is 0 Å². The van der Waals surface area contributed by atoms with Crippen molar-refractivity contribution in [2.75, 3.05) is 0 Å². The summed E-state index contributed by atoms with van der Waals surface area (Å²) in [5, 5.41) is 2.57. The van der Waals surface area contributed by atoms with Gasteiger partial charge in [0.15, 0.2) is 0 Å². The lowest BCUT2D eigenvalue weighted by molar-refractivity contribution is -0.119. The van der Waals surface area contributed by atoms with E-state index < -0.39 is 0 Å². The molecule has 0 rings (SSSR count). The Labute approximate surface area is 67.9 Å². The van der Waals surface area contributed by atoms with Gasteiger partial charge in [-0.2, -0.15) is 0 Å². The molecule has 1 atom stereocenters. The first kappa shape index (κ1) is 10.1. The van der Waals surface area contributed by atoms with Crippen molar-refractivity contribution in [3.8, 4) is 0 Å². The second kappa shape index (κ2) is 5.89. The number of aliphatic imine (C=N–C) groups is 1. The van der Waals surface area contributed by atoms with Gasteiger partial charge in [0.05, 0.1) is 6.34 Å². The second-order valence-corrected chi connectivity index (χ2v) is 2.46. The van der Waals surface area contributed by atoms with Gasteiger partial charge in [-0.1, -0.05) is 13.8 Å². The molecule has 0 aliphatic carbocycles. The average Bonchev–Trinajstić information content (AvgIpc) is 2.04. The van der Waals surface area contributed by atoms with Crippen LogP contribution in [-0.2, 0) is 4.79 Å². The minimum Gasteiger partial charge on any atom is -0.317 e. The van der Waals surface area contributed by atoms with Gasteiger partial charge in [0.1, 0.15) is 0 Å². The topological polar surface area (TPSA) is 41.5 Å². The van der Waals surface area contributed by atoms with Crippen LogP contribution in [0.25, 0.3) is 0 Å². The highest BCUT2D eigenvalue weighted by Gasteiger charge is 1.93. The van der Waals surface area contributed by atoms with Crippen molar-refractivity contribution in [2.45, 2.75) is 39.7 Å². The van der Waals surface area contributed by atoms with Crippen LogP contribution < -0.4 is 5.32 Å². The molecule has 1 unspecified atom stereocenters. The highest BCUT2D eigenvalue weighted by atomic mass is 16.1. The van der Waals surface area contributed by atoms with E-state index in [1.54, 1.807) is 0 Å². The highest BCUT2D eigenvalue weighted by Crippen LogP contribution is 1.91. The number of rotatable bonds is 4. The van der Waals surface area contributed by atoms with E-state index in [1.165, 1.54) is 6.34 Å². The Morgan fingerprint density at radius 3 is 2.73 bits per heavy atom. The van der Waals surface area contributed by atoms with E-state index in [0.717, 1.165) is 6.42 Å². The molecule has 0 fully saturated rings. The molecule has 3 nitrogen and oxygen atoms in total.